The van der Waals surface area contributed by atoms with E-state index in [-0.39, 0.29) is 11.8 Å². The monoisotopic (exact) mass is 430 g/mol. The molecule has 4 rings (SSSR count). The maximum Gasteiger partial charge on any atom is 0.272 e. The van der Waals surface area contributed by atoms with Crippen LogP contribution in [-0.4, -0.2) is 40.0 Å². The van der Waals surface area contributed by atoms with Gasteiger partial charge in [0, 0.05) is 36.3 Å². The second-order valence-corrected chi connectivity index (χ2v) is 8.63. The van der Waals surface area contributed by atoms with Crippen molar-refractivity contribution in [1.29, 1.82) is 0 Å². The second kappa shape index (κ2) is 9.81. The molecule has 2 aromatic carbocycles. The molecule has 0 unspecified atom stereocenters. The van der Waals surface area contributed by atoms with Crippen LogP contribution in [0.5, 0.6) is 0 Å². The van der Waals surface area contributed by atoms with Gasteiger partial charge in [0.25, 0.3) is 11.8 Å². The van der Waals surface area contributed by atoms with Gasteiger partial charge in [-0.3, -0.25) is 14.7 Å². The van der Waals surface area contributed by atoms with E-state index in [0.29, 0.717) is 43.2 Å². The van der Waals surface area contributed by atoms with Gasteiger partial charge in [0.1, 0.15) is 0 Å². The number of aromatic nitrogens is 2. The zero-order valence-electron chi connectivity index (χ0n) is 18.7. The highest BCUT2D eigenvalue weighted by Crippen LogP contribution is 2.23. The summed E-state index contributed by atoms with van der Waals surface area (Å²) in [7, 11) is 0. The molecule has 2 N–H and O–H groups in total. The number of aryl methyl sites for hydroxylation is 1. The van der Waals surface area contributed by atoms with Crippen molar-refractivity contribution in [2.75, 3.05) is 13.1 Å². The van der Waals surface area contributed by atoms with Gasteiger partial charge in [0.05, 0.1) is 6.54 Å². The lowest BCUT2D eigenvalue weighted by molar-refractivity contribution is 0.0731. The number of nitrogens with one attached hydrogen (secondary N) is 2. The molecule has 0 saturated carbocycles. The van der Waals surface area contributed by atoms with Gasteiger partial charge in [0.15, 0.2) is 5.69 Å². The number of aromatic amines is 1. The molecule has 1 aliphatic heterocycles. The second-order valence-electron chi connectivity index (χ2n) is 8.63. The molecule has 32 heavy (non-hydrogen) atoms. The molecule has 2 amide bonds. The van der Waals surface area contributed by atoms with Crippen molar-refractivity contribution < 1.29 is 9.59 Å². The lowest BCUT2D eigenvalue weighted by Gasteiger charge is -2.27. The summed E-state index contributed by atoms with van der Waals surface area (Å²) in [6.07, 6.45) is 2.44. The summed E-state index contributed by atoms with van der Waals surface area (Å²) < 4.78 is 0. The summed E-state index contributed by atoms with van der Waals surface area (Å²) in [5.74, 6) is 0.226. The third-order valence-electron chi connectivity index (χ3n) is 6.03. The first-order valence-corrected chi connectivity index (χ1v) is 11.3. The molecule has 0 bridgehead atoms. The molecule has 6 nitrogen and oxygen atoms in total. The van der Waals surface area contributed by atoms with E-state index in [0.717, 1.165) is 24.1 Å². The smallest absolute Gasteiger partial charge is 0.272 e. The molecular formula is C26H30N4O2. The maximum atomic E-state index is 13.0. The predicted octanol–water partition coefficient (Wildman–Crippen LogP) is 4.09. The third-order valence-corrected chi connectivity index (χ3v) is 6.03. The number of nitrogens with zero attached hydrogens (tertiary/aromatic N) is 2. The van der Waals surface area contributed by atoms with Gasteiger partial charge in [-0.05, 0) is 42.0 Å². The fourth-order valence-corrected chi connectivity index (χ4v) is 4.07. The van der Waals surface area contributed by atoms with Crippen LogP contribution in [0.25, 0.3) is 0 Å². The van der Waals surface area contributed by atoms with E-state index >= 15 is 0 Å². The molecule has 0 spiro atoms. The highest BCUT2D eigenvalue weighted by molar-refractivity contribution is 5.96. The third kappa shape index (κ3) is 4.90. The Bertz CT molecular complexity index is 1070. The van der Waals surface area contributed by atoms with E-state index < -0.39 is 0 Å². The van der Waals surface area contributed by atoms with Crippen LogP contribution in [0.3, 0.4) is 0 Å². The van der Waals surface area contributed by atoms with Crippen molar-refractivity contribution in [1.82, 2.24) is 20.4 Å². The van der Waals surface area contributed by atoms with Gasteiger partial charge in [0.2, 0.25) is 0 Å². The summed E-state index contributed by atoms with van der Waals surface area (Å²) in [4.78, 5) is 27.6. The molecule has 2 heterocycles. The van der Waals surface area contributed by atoms with E-state index in [2.05, 4.69) is 41.5 Å². The van der Waals surface area contributed by atoms with Crippen LogP contribution >= 0.6 is 0 Å². The average Bonchev–Trinajstić information content (AvgIpc) is 3.25. The Hall–Kier alpha value is -3.41. The lowest BCUT2D eigenvalue weighted by atomic mass is 10.0. The molecule has 0 aliphatic carbocycles. The predicted molar refractivity (Wildman–Crippen MR) is 125 cm³/mol. The minimum atomic E-state index is -0.189. The topological polar surface area (TPSA) is 78.1 Å². The van der Waals surface area contributed by atoms with Crippen LogP contribution in [-0.2, 0) is 19.4 Å². The Kier molecular flexibility index (Phi) is 6.69. The largest absolute Gasteiger partial charge is 0.351 e. The number of hydrogen-bond donors (Lipinski definition) is 2. The van der Waals surface area contributed by atoms with Crippen LogP contribution < -0.4 is 5.32 Å². The van der Waals surface area contributed by atoms with Crippen LogP contribution in [0.15, 0.2) is 54.6 Å². The van der Waals surface area contributed by atoms with E-state index in [1.54, 1.807) is 4.90 Å². The lowest BCUT2D eigenvalue weighted by Crippen LogP contribution is -2.37. The SMILES string of the molecule is CC(C)c1ccc(C(=O)N2CCc3[nH]nc(C(=O)NCCCc4ccccc4)c3C2)cc1. The number of rotatable bonds is 7. The number of carbonyl (C=O) groups excluding carboxylic acids is 2. The fourth-order valence-electron chi connectivity index (χ4n) is 4.07. The summed E-state index contributed by atoms with van der Waals surface area (Å²) >= 11 is 0. The van der Waals surface area contributed by atoms with E-state index in [9.17, 15) is 9.59 Å². The number of amides is 2. The maximum absolute atomic E-state index is 13.0. The quantitative estimate of drug-likeness (QED) is 0.554. The Balaban J connectivity index is 1.36. The van der Waals surface area contributed by atoms with Gasteiger partial charge in [-0.2, -0.15) is 5.10 Å². The highest BCUT2D eigenvalue weighted by atomic mass is 16.2. The molecule has 0 fully saturated rings. The summed E-state index contributed by atoms with van der Waals surface area (Å²) in [6.45, 7) is 5.86. The van der Waals surface area contributed by atoms with Crippen LogP contribution in [0, 0.1) is 0 Å². The van der Waals surface area contributed by atoms with Crippen molar-refractivity contribution in [3.63, 3.8) is 0 Å². The molecule has 1 aromatic heterocycles. The van der Waals surface area contributed by atoms with Gasteiger partial charge >= 0.3 is 0 Å². The molecule has 6 heteroatoms. The van der Waals surface area contributed by atoms with Gasteiger partial charge in [-0.15, -0.1) is 0 Å². The normalized spacial score (nSPS) is 13.2. The fraction of sp³-hybridized carbons (Fsp3) is 0.346. The zero-order chi connectivity index (χ0) is 22.5. The first-order chi connectivity index (χ1) is 15.5. The Labute approximate surface area is 189 Å². The molecule has 0 radical (unpaired) electrons. The first-order valence-electron chi connectivity index (χ1n) is 11.3. The Morgan fingerprint density at radius 3 is 2.56 bits per heavy atom. The average molecular weight is 431 g/mol. The zero-order valence-corrected chi connectivity index (χ0v) is 18.7. The van der Waals surface area contributed by atoms with E-state index in [1.165, 1.54) is 11.1 Å². The number of fused-ring (bicyclic) bond motifs is 1. The molecule has 1 aliphatic rings. The standard InChI is InChI=1S/C26H30N4O2/c1-18(2)20-10-12-21(13-11-20)26(32)30-16-14-23-22(17-30)24(29-28-23)25(31)27-15-6-9-19-7-4-3-5-8-19/h3-5,7-8,10-13,18H,6,9,14-17H2,1-2H3,(H,27,31)(H,28,29). The van der Waals surface area contributed by atoms with Crippen LogP contribution in [0.4, 0.5) is 0 Å². The van der Waals surface area contributed by atoms with E-state index in [1.807, 2.05) is 42.5 Å². The molecule has 0 atom stereocenters. The van der Waals surface area contributed by atoms with Crippen LogP contribution in [0.1, 0.15) is 69.4 Å². The van der Waals surface area contributed by atoms with Crippen molar-refractivity contribution in [3.05, 3.63) is 88.2 Å². The number of H-pyrrole nitrogens is 1. The van der Waals surface area contributed by atoms with Crippen LogP contribution in [0.2, 0.25) is 0 Å². The summed E-state index contributed by atoms with van der Waals surface area (Å²) in [6, 6.07) is 18.0. The minimum Gasteiger partial charge on any atom is -0.351 e. The molecule has 3 aromatic rings. The van der Waals surface area contributed by atoms with Gasteiger partial charge in [-0.25, -0.2) is 0 Å². The summed E-state index contributed by atoms with van der Waals surface area (Å²) in [5.41, 5.74) is 5.31. The van der Waals surface area contributed by atoms with Crippen molar-refractivity contribution in [2.24, 2.45) is 0 Å². The number of hydrogen-bond acceptors (Lipinski definition) is 3. The minimum absolute atomic E-state index is 0.0126. The number of carbonyl (C=O) groups is 2. The Morgan fingerprint density at radius 1 is 1.09 bits per heavy atom. The summed E-state index contributed by atoms with van der Waals surface area (Å²) in [5, 5.41) is 10.2. The van der Waals surface area contributed by atoms with E-state index in [4.69, 9.17) is 0 Å². The highest BCUT2D eigenvalue weighted by Gasteiger charge is 2.28. The molecule has 166 valence electrons. The Morgan fingerprint density at radius 2 is 1.84 bits per heavy atom. The molecular weight excluding hydrogens is 400 g/mol. The van der Waals surface area contributed by atoms with Crippen molar-refractivity contribution in [2.45, 2.75) is 45.6 Å². The van der Waals surface area contributed by atoms with Crippen molar-refractivity contribution in [3.8, 4) is 0 Å². The number of benzene rings is 2. The van der Waals surface area contributed by atoms with Crippen molar-refractivity contribution >= 4 is 11.8 Å². The molecule has 0 saturated heterocycles. The van der Waals surface area contributed by atoms with Gasteiger partial charge < -0.3 is 10.2 Å². The van der Waals surface area contributed by atoms with Gasteiger partial charge in [-0.1, -0.05) is 56.3 Å². The first kappa shape index (κ1) is 21.8.